The summed E-state index contributed by atoms with van der Waals surface area (Å²) in [6.07, 6.45) is 1.04. The van der Waals surface area contributed by atoms with Crippen molar-refractivity contribution in [2.45, 2.75) is 19.4 Å². The zero-order chi connectivity index (χ0) is 20.4. The number of amides is 1. The van der Waals surface area contributed by atoms with Crippen LogP contribution in [0.2, 0.25) is 10.0 Å². The molecule has 0 aliphatic rings. The number of anilines is 2. The summed E-state index contributed by atoms with van der Waals surface area (Å²) in [6, 6.07) is 5.82. The molecule has 5 nitrogen and oxygen atoms in total. The lowest BCUT2D eigenvalue weighted by molar-refractivity contribution is -0.117. The van der Waals surface area contributed by atoms with Crippen LogP contribution in [0.3, 0.4) is 0 Å². The Bertz CT molecular complexity index is 950. The number of sulfonamides is 1. The number of hydrogen-bond acceptors (Lipinski definition) is 3. The molecular formula is C17H16Cl2F2N2O3S. The lowest BCUT2D eigenvalue weighted by Gasteiger charge is -2.30. The van der Waals surface area contributed by atoms with Crippen LogP contribution in [0, 0.1) is 11.6 Å². The quantitative estimate of drug-likeness (QED) is 0.726. The Kier molecular flexibility index (Phi) is 6.67. The van der Waals surface area contributed by atoms with Crippen LogP contribution in [-0.4, -0.2) is 26.6 Å². The molecule has 1 atom stereocenters. The molecule has 0 aromatic heterocycles. The number of nitrogens with one attached hydrogen (secondary N) is 1. The molecule has 10 heteroatoms. The largest absolute Gasteiger partial charge is 0.324 e. The molecule has 1 amide bonds. The maximum atomic E-state index is 13.4. The summed E-state index contributed by atoms with van der Waals surface area (Å²) < 4.78 is 52.0. The molecule has 146 valence electrons. The summed E-state index contributed by atoms with van der Waals surface area (Å²) in [7, 11) is -3.89. The van der Waals surface area contributed by atoms with Crippen LogP contribution in [0.15, 0.2) is 36.4 Å². The molecule has 0 spiro atoms. The smallest absolute Gasteiger partial charge is 0.248 e. The van der Waals surface area contributed by atoms with Gasteiger partial charge in [0.25, 0.3) is 0 Å². The predicted molar refractivity (Wildman–Crippen MR) is 103 cm³/mol. The maximum absolute atomic E-state index is 13.4. The van der Waals surface area contributed by atoms with Crippen LogP contribution in [-0.2, 0) is 14.8 Å². The summed E-state index contributed by atoms with van der Waals surface area (Å²) >= 11 is 11.9. The molecule has 27 heavy (non-hydrogen) atoms. The van der Waals surface area contributed by atoms with E-state index < -0.39 is 33.6 Å². The first kappa shape index (κ1) is 21.4. The van der Waals surface area contributed by atoms with Crippen molar-refractivity contribution in [2.24, 2.45) is 0 Å². The van der Waals surface area contributed by atoms with Gasteiger partial charge in [-0.15, -0.1) is 0 Å². The molecule has 2 aromatic rings. The second-order valence-electron chi connectivity index (χ2n) is 5.73. The van der Waals surface area contributed by atoms with Crippen molar-refractivity contribution in [1.82, 2.24) is 0 Å². The average molecular weight is 437 g/mol. The minimum atomic E-state index is -3.89. The minimum Gasteiger partial charge on any atom is -0.324 e. The average Bonchev–Trinajstić information content (AvgIpc) is 2.53. The molecule has 2 rings (SSSR count). The van der Waals surface area contributed by atoms with Crippen molar-refractivity contribution in [1.29, 1.82) is 0 Å². The first-order valence-corrected chi connectivity index (χ1v) is 10.3. The van der Waals surface area contributed by atoms with Gasteiger partial charge in [0.2, 0.25) is 15.9 Å². The Morgan fingerprint density at radius 3 is 2.19 bits per heavy atom. The van der Waals surface area contributed by atoms with Crippen LogP contribution in [0.25, 0.3) is 0 Å². The molecule has 0 saturated heterocycles. The third-order valence-corrected chi connectivity index (χ3v) is 5.23. The Morgan fingerprint density at radius 2 is 1.70 bits per heavy atom. The normalized spacial score (nSPS) is 12.5. The highest BCUT2D eigenvalue weighted by Crippen LogP contribution is 2.29. The van der Waals surface area contributed by atoms with Crippen molar-refractivity contribution in [3.05, 3.63) is 58.1 Å². The van der Waals surface area contributed by atoms with Crippen molar-refractivity contribution in [2.75, 3.05) is 15.9 Å². The van der Waals surface area contributed by atoms with Gasteiger partial charge in [0.1, 0.15) is 6.04 Å². The van der Waals surface area contributed by atoms with E-state index in [9.17, 15) is 22.0 Å². The summed E-state index contributed by atoms with van der Waals surface area (Å²) in [5, 5.41) is 2.79. The molecule has 1 N–H and O–H groups in total. The molecular weight excluding hydrogens is 421 g/mol. The Balaban J connectivity index is 2.42. The third kappa shape index (κ3) is 5.31. The van der Waals surface area contributed by atoms with E-state index in [2.05, 4.69) is 5.32 Å². The standard InChI is InChI=1S/C17H16Cl2F2N2O3S/c1-3-16(17(24)22-12-4-5-14(20)15(21)9-12)23(27(2,25)26)13-7-10(18)6-11(19)8-13/h4-9,16H,3H2,1-2H3,(H,22,24)/t16-/m0/s1. The second-order valence-corrected chi connectivity index (χ2v) is 8.46. The summed E-state index contributed by atoms with van der Waals surface area (Å²) in [5.74, 6) is -2.92. The van der Waals surface area contributed by atoms with E-state index >= 15 is 0 Å². The molecule has 2 aromatic carbocycles. The van der Waals surface area contributed by atoms with Gasteiger partial charge in [-0.2, -0.15) is 0 Å². The molecule has 0 unspecified atom stereocenters. The SMILES string of the molecule is CC[C@@H](C(=O)Nc1ccc(F)c(F)c1)N(c1cc(Cl)cc(Cl)c1)S(C)(=O)=O. The van der Waals surface area contributed by atoms with E-state index in [-0.39, 0.29) is 27.8 Å². The van der Waals surface area contributed by atoms with E-state index in [0.717, 1.165) is 22.7 Å². The van der Waals surface area contributed by atoms with Crippen LogP contribution in [0.4, 0.5) is 20.2 Å². The van der Waals surface area contributed by atoms with E-state index in [1.54, 1.807) is 6.92 Å². The number of hydrogen-bond donors (Lipinski definition) is 1. The summed E-state index contributed by atoms with van der Waals surface area (Å²) in [6.45, 7) is 1.61. The monoisotopic (exact) mass is 436 g/mol. The van der Waals surface area contributed by atoms with E-state index in [1.165, 1.54) is 24.3 Å². The molecule has 0 radical (unpaired) electrons. The van der Waals surface area contributed by atoms with Gasteiger partial charge in [0.15, 0.2) is 11.6 Å². The van der Waals surface area contributed by atoms with Gasteiger partial charge in [-0.25, -0.2) is 17.2 Å². The molecule has 0 fully saturated rings. The highest BCUT2D eigenvalue weighted by atomic mass is 35.5. The molecule has 0 heterocycles. The van der Waals surface area contributed by atoms with Crippen molar-refractivity contribution in [3.8, 4) is 0 Å². The van der Waals surface area contributed by atoms with Gasteiger partial charge < -0.3 is 5.32 Å². The summed E-state index contributed by atoms with van der Waals surface area (Å²) in [5.41, 5.74) is 0.109. The number of carbonyl (C=O) groups excluding carboxylic acids is 1. The highest BCUT2D eigenvalue weighted by Gasteiger charge is 2.32. The Hall–Kier alpha value is -1.90. The van der Waals surface area contributed by atoms with Crippen molar-refractivity contribution >= 4 is 50.5 Å². The van der Waals surface area contributed by atoms with Crippen molar-refractivity contribution < 1.29 is 22.0 Å². The molecule has 0 saturated carbocycles. The number of carbonyl (C=O) groups is 1. The second kappa shape index (κ2) is 8.41. The number of halogens is 4. The summed E-state index contributed by atoms with van der Waals surface area (Å²) in [4.78, 5) is 12.7. The molecule has 0 bridgehead atoms. The lowest BCUT2D eigenvalue weighted by atomic mass is 10.1. The zero-order valence-electron chi connectivity index (χ0n) is 14.3. The molecule has 0 aliphatic carbocycles. The van der Waals surface area contributed by atoms with Gasteiger partial charge in [0.05, 0.1) is 11.9 Å². The number of benzene rings is 2. The Morgan fingerprint density at radius 1 is 1.11 bits per heavy atom. The number of nitrogens with zero attached hydrogens (tertiary/aromatic N) is 1. The van der Waals surface area contributed by atoms with Gasteiger partial charge in [0, 0.05) is 21.8 Å². The fourth-order valence-electron chi connectivity index (χ4n) is 2.53. The lowest BCUT2D eigenvalue weighted by Crippen LogP contribution is -2.47. The highest BCUT2D eigenvalue weighted by molar-refractivity contribution is 7.92. The fourth-order valence-corrected chi connectivity index (χ4v) is 4.24. The van der Waals surface area contributed by atoms with Crippen LogP contribution >= 0.6 is 23.2 Å². The van der Waals surface area contributed by atoms with Crippen LogP contribution in [0.5, 0.6) is 0 Å². The minimum absolute atomic E-state index is 0.00470. The van der Waals surface area contributed by atoms with Gasteiger partial charge in [-0.05, 0) is 36.8 Å². The van der Waals surface area contributed by atoms with Crippen LogP contribution < -0.4 is 9.62 Å². The zero-order valence-corrected chi connectivity index (χ0v) is 16.7. The van der Waals surface area contributed by atoms with Crippen molar-refractivity contribution in [3.63, 3.8) is 0 Å². The van der Waals surface area contributed by atoms with E-state index in [4.69, 9.17) is 23.2 Å². The van der Waals surface area contributed by atoms with E-state index in [0.29, 0.717) is 0 Å². The molecule has 0 aliphatic heterocycles. The van der Waals surface area contributed by atoms with Crippen LogP contribution in [0.1, 0.15) is 13.3 Å². The van der Waals surface area contributed by atoms with Gasteiger partial charge in [-0.1, -0.05) is 30.1 Å². The number of rotatable bonds is 6. The Labute approximate surface area is 165 Å². The van der Waals surface area contributed by atoms with Gasteiger partial charge >= 0.3 is 0 Å². The van der Waals surface area contributed by atoms with E-state index in [1.807, 2.05) is 0 Å². The maximum Gasteiger partial charge on any atom is 0.248 e. The fraction of sp³-hybridized carbons (Fsp3) is 0.235. The first-order valence-electron chi connectivity index (χ1n) is 7.74. The third-order valence-electron chi connectivity index (χ3n) is 3.62. The topological polar surface area (TPSA) is 66.5 Å². The predicted octanol–water partition coefficient (Wildman–Crippen LogP) is 4.45. The first-order chi connectivity index (χ1) is 12.5. The van der Waals surface area contributed by atoms with Gasteiger partial charge in [-0.3, -0.25) is 9.10 Å².